The molecule has 0 N–H and O–H groups in total. The Kier molecular flexibility index (Phi) is 3.30. The predicted molar refractivity (Wildman–Crippen MR) is 56.2 cm³/mol. The molecule has 0 amide bonds. The Bertz CT molecular complexity index is 388. The Morgan fingerprint density at radius 3 is 2.71 bits per heavy atom. The average molecular weight is 187 g/mol. The van der Waals surface area contributed by atoms with Crippen molar-refractivity contribution < 1.29 is 4.74 Å². The minimum absolute atomic E-state index is 0.263. The molecule has 14 heavy (non-hydrogen) atoms. The van der Waals surface area contributed by atoms with Crippen molar-refractivity contribution in [3.05, 3.63) is 41.5 Å². The lowest BCUT2D eigenvalue weighted by Crippen LogP contribution is -1.98. The predicted octanol–water partition coefficient (Wildman–Crippen LogP) is 2.76. The Morgan fingerprint density at radius 2 is 2.14 bits per heavy atom. The summed E-state index contributed by atoms with van der Waals surface area (Å²) in [5, 5.41) is 8.48. The first-order valence-corrected chi connectivity index (χ1v) is 4.41. The number of nitriles is 1. The molecular formula is C12H13NO. The van der Waals surface area contributed by atoms with Gasteiger partial charge in [0.25, 0.3) is 0 Å². The van der Waals surface area contributed by atoms with Crippen LogP contribution in [0.3, 0.4) is 0 Å². The normalized spacial score (nSPS) is 9.21. The molecule has 0 spiro atoms. The van der Waals surface area contributed by atoms with Crippen LogP contribution >= 0.6 is 0 Å². The standard InChI is InChI=1S/C12H13NO/c1-9(7-13)8-14-12-5-4-10(2)11(3)6-12/h4-6H,1,8H2,2-3H3. The van der Waals surface area contributed by atoms with E-state index in [1.54, 1.807) is 0 Å². The lowest BCUT2D eigenvalue weighted by molar-refractivity contribution is 0.356. The largest absolute Gasteiger partial charge is 0.488 e. The highest BCUT2D eigenvalue weighted by Gasteiger charge is 1.98. The summed E-state index contributed by atoms with van der Waals surface area (Å²) in [4.78, 5) is 0. The Labute approximate surface area is 84.4 Å². The van der Waals surface area contributed by atoms with Gasteiger partial charge in [0.1, 0.15) is 12.4 Å². The van der Waals surface area contributed by atoms with Crippen LogP contribution in [0.2, 0.25) is 0 Å². The van der Waals surface area contributed by atoms with Crippen molar-refractivity contribution in [2.45, 2.75) is 13.8 Å². The molecule has 0 aliphatic rings. The first-order chi connectivity index (χ1) is 6.63. The van der Waals surface area contributed by atoms with Gasteiger partial charge in [-0.2, -0.15) is 5.26 Å². The number of rotatable bonds is 3. The molecule has 0 saturated heterocycles. The number of nitrogens with zero attached hydrogens (tertiary/aromatic N) is 1. The highest BCUT2D eigenvalue weighted by Crippen LogP contribution is 2.16. The number of aryl methyl sites for hydroxylation is 2. The first-order valence-electron chi connectivity index (χ1n) is 4.41. The Balaban J connectivity index is 2.65. The van der Waals surface area contributed by atoms with E-state index in [-0.39, 0.29) is 6.61 Å². The van der Waals surface area contributed by atoms with Crippen LogP contribution < -0.4 is 4.74 Å². The molecule has 0 bridgehead atoms. The molecule has 0 aromatic heterocycles. The van der Waals surface area contributed by atoms with E-state index in [2.05, 4.69) is 6.58 Å². The summed E-state index contributed by atoms with van der Waals surface area (Å²) in [6.45, 7) is 7.88. The van der Waals surface area contributed by atoms with Gasteiger partial charge in [0, 0.05) is 0 Å². The second-order valence-electron chi connectivity index (χ2n) is 3.25. The van der Waals surface area contributed by atoms with Gasteiger partial charge in [0.15, 0.2) is 0 Å². The number of ether oxygens (including phenoxy) is 1. The summed E-state index contributed by atoms with van der Waals surface area (Å²) in [7, 11) is 0. The second kappa shape index (κ2) is 4.48. The van der Waals surface area contributed by atoms with Crippen LogP contribution in [0.1, 0.15) is 11.1 Å². The summed E-state index contributed by atoms with van der Waals surface area (Å²) in [5.41, 5.74) is 2.85. The molecule has 1 aromatic carbocycles. The van der Waals surface area contributed by atoms with Crippen LogP contribution in [0, 0.1) is 25.2 Å². The molecule has 0 aliphatic carbocycles. The fourth-order valence-electron chi connectivity index (χ4n) is 1.01. The van der Waals surface area contributed by atoms with Gasteiger partial charge < -0.3 is 4.74 Å². The summed E-state index contributed by atoms with van der Waals surface area (Å²) in [6.07, 6.45) is 0. The van der Waals surface area contributed by atoms with Crippen LogP contribution in [0.25, 0.3) is 0 Å². The number of hydrogen-bond donors (Lipinski definition) is 0. The van der Waals surface area contributed by atoms with E-state index in [9.17, 15) is 0 Å². The van der Waals surface area contributed by atoms with Crippen molar-refractivity contribution in [3.63, 3.8) is 0 Å². The fraction of sp³-hybridized carbons (Fsp3) is 0.250. The molecule has 0 fully saturated rings. The van der Waals surface area contributed by atoms with Crippen LogP contribution in [0.4, 0.5) is 0 Å². The minimum atomic E-state index is 0.263. The van der Waals surface area contributed by atoms with Gasteiger partial charge >= 0.3 is 0 Å². The Hall–Kier alpha value is -1.75. The summed E-state index contributed by atoms with van der Waals surface area (Å²) < 4.78 is 5.37. The van der Waals surface area contributed by atoms with Gasteiger partial charge in [0.2, 0.25) is 0 Å². The highest BCUT2D eigenvalue weighted by atomic mass is 16.5. The highest BCUT2D eigenvalue weighted by molar-refractivity contribution is 5.34. The van der Waals surface area contributed by atoms with Gasteiger partial charge in [-0.1, -0.05) is 12.6 Å². The zero-order valence-corrected chi connectivity index (χ0v) is 8.50. The molecule has 0 radical (unpaired) electrons. The summed E-state index contributed by atoms with van der Waals surface area (Å²) in [5.74, 6) is 0.782. The monoisotopic (exact) mass is 187 g/mol. The number of benzene rings is 1. The fourth-order valence-corrected chi connectivity index (χ4v) is 1.01. The Morgan fingerprint density at radius 1 is 1.43 bits per heavy atom. The topological polar surface area (TPSA) is 33.0 Å². The molecule has 0 unspecified atom stereocenters. The maximum atomic E-state index is 8.48. The molecule has 1 aromatic rings. The third-order valence-electron chi connectivity index (χ3n) is 2.05. The third kappa shape index (κ3) is 2.63. The van der Waals surface area contributed by atoms with Crippen LogP contribution in [-0.4, -0.2) is 6.61 Å². The van der Waals surface area contributed by atoms with E-state index in [0.717, 1.165) is 5.75 Å². The molecule has 72 valence electrons. The van der Waals surface area contributed by atoms with Crippen molar-refractivity contribution in [1.29, 1.82) is 5.26 Å². The summed E-state index contributed by atoms with van der Waals surface area (Å²) >= 11 is 0. The van der Waals surface area contributed by atoms with E-state index in [1.165, 1.54) is 11.1 Å². The van der Waals surface area contributed by atoms with Crippen molar-refractivity contribution in [3.8, 4) is 11.8 Å². The van der Waals surface area contributed by atoms with E-state index in [4.69, 9.17) is 10.00 Å². The number of hydrogen-bond acceptors (Lipinski definition) is 2. The van der Waals surface area contributed by atoms with Gasteiger partial charge in [0.05, 0.1) is 11.6 Å². The second-order valence-corrected chi connectivity index (χ2v) is 3.25. The molecule has 0 atom stereocenters. The molecule has 2 nitrogen and oxygen atoms in total. The third-order valence-corrected chi connectivity index (χ3v) is 2.05. The van der Waals surface area contributed by atoms with Gasteiger partial charge in [-0.15, -0.1) is 0 Å². The quantitative estimate of drug-likeness (QED) is 0.681. The SMILES string of the molecule is C=C(C#N)COc1ccc(C)c(C)c1. The minimum Gasteiger partial charge on any atom is -0.488 e. The van der Waals surface area contributed by atoms with E-state index in [0.29, 0.717) is 5.57 Å². The van der Waals surface area contributed by atoms with Crippen LogP contribution in [0.15, 0.2) is 30.4 Å². The smallest absolute Gasteiger partial charge is 0.123 e. The molecule has 0 saturated carbocycles. The van der Waals surface area contributed by atoms with E-state index < -0.39 is 0 Å². The average Bonchev–Trinajstić information content (AvgIpc) is 2.19. The lowest BCUT2D eigenvalue weighted by Gasteiger charge is -2.06. The zero-order chi connectivity index (χ0) is 10.6. The van der Waals surface area contributed by atoms with E-state index >= 15 is 0 Å². The maximum Gasteiger partial charge on any atom is 0.123 e. The van der Waals surface area contributed by atoms with Crippen molar-refractivity contribution in [2.75, 3.05) is 6.61 Å². The van der Waals surface area contributed by atoms with Crippen LogP contribution in [0.5, 0.6) is 5.75 Å². The molecule has 1 rings (SSSR count). The molecule has 0 heterocycles. The van der Waals surface area contributed by atoms with Gasteiger partial charge in [-0.25, -0.2) is 0 Å². The maximum absolute atomic E-state index is 8.48. The lowest BCUT2D eigenvalue weighted by atomic mass is 10.1. The first kappa shape index (κ1) is 10.3. The van der Waals surface area contributed by atoms with E-state index in [1.807, 2.05) is 38.1 Å². The molecule has 2 heteroatoms. The zero-order valence-electron chi connectivity index (χ0n) is 8.50. The molecular weight excluding hydrogens is 174 g/mol. The van der Waals surface area contributed by atoms with Crippen molar-refractivity contribution >= 4 is 0 Å². The van der Waals surface area contributed by atoms with Crippen molar-refractivity contribution in [2.24, 2.45) is 0 Å². The molecule has 0 aliphatic heterocycles. The van der Waals surface area contributed by atoms with Crippen LogP contribution in [-0.2, 0) is 0 Å². The summed E-state index contributed by atoms with van der Waals surface area (Å²) in [6, 6.07) is 7.80. The van der Waals surface area contributed by atoms with Crippen molar-refractivity contribution in [1.82, 2.24) is 0 Å². The van der Waals surface area contributed by atoms with Gasteiger partial charge in [-0.05, 0) is 37.1 Å². The van der Waals surface area contributed by atoms with Gasteiger partial charge in [-0.3, -0.25) is 0 Å².